The van der Waals surface area contributed by atoms with Gasteiger partial charge in [0.05, 0.1) is 17.1 Å². The van der Waals surface area contributed by atoms with Gasteiger partial charge in [-0.1, -0.05) is 6.07 Å². The van der Waals surface area contributed by atoms with Crippen LogP contribution in [0.2, 0.25) is 0 Å². The van der Waals surface area contributed by atoms with Crippen LogP contribution in [0.1, 0.15) is 50.2 Å². The zero-order valence-electron chi connectivity index (χ0n) is 16.3. The summed E-state index contributed by atoms with van der Waals surface area (Å²) in [4.78, 5) is 14.4. The van der Waals surface area contributed by atoms with E-state index < -0.39 is 11.0 Å². The number of rotatable bonds is 3. The van der Waals surface area contributed by atoms with E-state index in [1.54, 1.807) is 6.07 Å². The molecule has 1 aromatic rings. The lowest BCUT2D eigenvalue weighted by atomic mass is 9.48. The minimum Gasteiger partial charge on any atom is -0.504 e. The highest BCUT2D eigenvalue weighted by atomic mass is 16.5. The van der Waals surface area contributed by atoms with Crippen LogP contribution < -0.4 is 10.1 Å². The van der Waals surface area contributed by atoms with Crippen LogP contribution in [0.3, 0.4) is 0 Å². The van der Waals surface area contributed by atoms with E-state index in [1.165, 1.54) is 25.3 Å². The molecule has 28 heavy (non-hydrogen) atoms. The molecule has 5 atom stereocenters. The van der Waals surface area contributed by atoms with Crippen LogP contribution in [0.4, 0.5) is 0 Å². The fraction of sp³-hybridized carbons (Fsp3) is 0.682. The number of likely N-dealkylation sites (tertiary alicyclic amines) is 1. The third-order valence-corrected chi connectivity index (χ3v) is 8.15. The second-order valence-corrected chi connectivity index (χ2v) is 9.64. The van der Waals surface area contributed by atoms with Crippen molar-refractivity contribution in [2.45, 2.75) is 74.7 Å². The SMILES string of the molecule is CC(=O)NC1CC[C@]2(O)[C@@H]3Cc4ccc(O)c5c4C2(CCN3CC2CC2)C1O5. The molecule has 2 heterocycles. The molecule has 2 saturated carbocycles. The quantitative estimate of drug-likeness (QED) is 0.735. The first-order valence-corrected chi connectivity index (χ1v) is 10.7. The van der Waals surface area contributed by atoms with Gasteiger partial charge in [-0.25, -0.2) is 0 Å². The largest absolute Gasteiger partial charge is 0.504 e. The van der Waals surface area contributed by atoms with Crippen molar-refractivity contribution in [3.63, 3.8) is 0 Å². The van der Waals surface area contributed by atoms with E-state index in [0.29, 0.717) is 18.6 Å². The molecule has 3 unspecified atom stereocenters. The molecule has 1 amide bonds. The van der Waals surface area contributed by atoms with E-state index in [1.807, 2.05) is 6.07 Å². The summed E-state index contributed by atoms with van der Waals surface area (Å²) in [6.07, 6.45) is 5.22. The number of hydrogen-bond acceptors (Lipinski definition) is 5. The number of aromatic hydroxyl groups is 1. The second-order valence-electron chi connectivity index (χ2n) is 9.64. The van der Waals surface area contributed by atoms with Crippen LogP contribution in [0.15, 0.2) is 12.1 Å². The number of carbonyl (C=O) groups is 1. The summed E-state index contributed by atoms with van der Waals surface area (Å²) in [5.41, 5.74) is 0.766. The van der Waals surface area contributed by atoms with Crippen molar-refractivity contribution in [2.24, 2.45) is 5.92 Å². The topological polar surface area (TPSA) is 82.0 Å². The van der Waals surface area contributed by atoms with E-state index in [2.05, 4.69) is 10.2 Å². The van der Waals surface area contributed by atoms with Crippen molar-refractivity contribution in [3.05, 3.63) is 23.3 Å². The summed E-state index contributed by atoms with van der Waals surface area (Å²) in [5.74, 6) is 1.38. The van der Waals surface area contributed by atoms with Gasteiger partial charge < -0.3 is 20.3 Å². The number of ether oxygens (including phenoxy) is 1. The maximum Gasteiger partial charge on any atom is 0.217 e. The van der Waals surface area contributed by atoms with E-state index in [9.17, 15) is 15.0 Å². The van der Waals surface area contributed by atoms with Gasteiger partial charge in [0.15, 0.2) is 11.5 Å². The molecule has 6 nitrogen and oxygen atoms in total. The summed E-state index contributed by atoms with van der Waals surface area (Å²) in [6.45, 7) is 3.54. The molecule has 3 aliphatic carbocycles. The smallest absolute Gasteiger partial charge is 0.217 e. The van der Waals surface area contributed by atoms with Crippen molar-refractivity contribution in [3.8, 4) is 11.5 Å². The summed E-state index contributed by atoms with van der Waals surface area (Å²) in [6, 6.07) is 3.66. The predicted molar refractivity (Wildman–Crippen MR) is 102 cm³/mol. The van der Waals surface area contributed by atoms with Gasteiger partial charge in [0.2, 0.25) is 5.91 Å². The molecule has 2 bridgehead atoms. The minimum atomic E-state index is -0.883. The molecule has 0 aromatic heterocycles. The molecule has 5 aliphatic rings. The number of nitrogens with zero attached hydrogens (tertiary/aromatic N) is 1. The van der Waals surface area contributed by atoms with Crippen LogP contribution >= 0.6 is 0 Å². The normalized spacial score (nSPS) is 40.6. The van der Waals surface area contributed by atoms with Gasteiger partial charge >= 0.3 is 0 Å². The van der Waals surface area contributed by atoms with Crippen molar-refractivity contribution in [1.29, 1.82) is 0 Å². The van der Waals surface area contributed by atoms with E-state index in [-0.39, 0.29) is 29.8 Å². The molecular weight excluding hydrogens is 356 g/mol. The van der Waals surface area contributed by atoms with E-state index in [4.69, 9.17) is 4.74 Å². The average Bonchev–Trinajstić information content (AvgIpc) is 3.38. The molecule has 6 heteroatoms. The lowest BCUT2D eigenvalue weighted by molar-refractivity contribution is -0.192. The first kappa shape index (κ1) is 17.1. The molecule has 2 aliphatic heterocycles. The number of hydrogen-bond donors (Lipinski definition) is 3. The van der Waals surface area contributed by atoms with E-state index in [0.717, 1.165) is 37.4 Å². The van der Waals surface area contributed by atoms with Crippen molar-refractivity contribution >= 4 is 5.91 Å². The van der Waals surface area contributed by atoms with E-state index >= 15 is 0 Å². The minimum absolute atomic E-state index is 0.0747. The van der Waals surface area contributed by atoms with Gasteiger partial charge in [0.25, 0.3) is 0 Å². The molecule has 0 radical (unpaired) electrons. The zero-order chi connectivity index (χ0) is 19.3. The van der Waals surface area contributed by atoms with Gasteiger partial charge in [-0.3, -0.25) is 9.69 Å². The maximum absolute atomic E-state index is 12.2. The molecule has 1 saturated heterocycles. The van der Waals surface area contributed by atoms with Crippen molar-refractivity contribution in [1.82, 2.24) is 10.2 Å². The summed E-state index contributed by atoms with van der Waals surface area (Å²) in [7, 11) is 0. The van der Waals surface area contributed by atoms with Gasteiger partial charge in [-0.2, -0.15) is 0 Å². The maximum atomic E-state index is 12.2. The van der Waals surface area contributed by atoms with Crippen molar-refractivity contribution in [2.75, 3.05) is 13.1 Å². The number of nitrogens with one attached hydrogen (secondary N) is 1. The highest BCUT2D eigenvalue weighted by Gasteiger charge is 2.73. The first-order chi connectivity index (χ1) is 13.4. The molecule has 150 valence electrons. The fourth-order valence-electron chi connectivity index (χ4n) is 6.89. The Bertz CT molecular complexity index is 868. The molecule has 1 aromatic carbocycles. The van der Waals surface area contributed by atoms with Crippen LogP contribution in [0.25, 0.3) is 0 Å². The number of phenols is 1. The Hall–Kier alpha value is -1.79. The summed E-state index contributed by atoms with van der Waals surface area (Å²) in [5, 5.41) is 25.8. The Balaban J connectivity index is 1.52. The Morgan fingerprint density at radius 3 is 2.89 bits per heavy atom. The number of carbonyl (C=O) groups excluding carboxylic acids is 1. The molecule has 3 fully saturated rings. The van der Waals surface area contributed by atoms with Crippen LogP contribution in [-0.4, -0.2) is 57.9 Å². The second kappa shape index (κ2) is 5.42. The molecule has 1 spiro atoms. The monoisotopic (exact) mass is 384 g/mol. The van der Waals surface area contributed by atoms with Gasteiger partial charge in [-0.05, 0) is 62.6 Å². The molecule has 6 rings (SSSR count). The predicted octanol–water partition coefficient (Wildman–Crippen LogP) is 1.46. The zero-order valence-corrected chi connectivity index (χ0v) is 16.3. The number of benzene rings is 1. The highest BCUT2D eigenvalue weighted by molar-refractivity contribution is 5.73. The standard InChI is InChI=1S/C22H28N2O4/c1-12(25)23-15-6-7-22(27)17-10-14-4-5-16(26)19-18(14)21(22,20(15)28-19)8-9-24(17)11-13-2-3-13/h4-5,13,15,17,20,26-27H,2-3,6-11H2,1H3,(H,23,25)/t15?,17-,20?,21?,22-/m0/s1. The van der Waals surface area contributed by atoms with Gasteiger partial charge in [-0.15, -0.1) is 0 Å². The van der Waals surface area contributed by atoms with Crippen molar-refractivity contribution < 1.29 is 19.7 Å². The molecule has 3 N–H and O–H groups in total. The Morgan fingerprint density at radius 1 is 1.32 bits per heavy atom. The van der Waals surface area contributed by atoms with Crippen LogP contribution in [0.5, 0.6) is 11.5 Å². The van der Waals surface area contributed by atoms with Crippen LogP contribution in [0, 0.1) is 5.92 Å². The number of aliphatic hydroxyl groups is 1. The lowest BCUT2D eigenvalue weighted by Gasteiger charge is -2.64. The molecular formula is C22H28N2O4. The number of piperidine rings is 1. The number of amides is 1. The highest BCUT2D eigenvalue weighted by Crippen LogP contribution is 2.65. The Labute approximate surface area is 164 Å². The average molecular weight is 384 g/mol. The van der Waals surface area contributed by atoms with Gasteiger partial charge in [0.1, 0.15) is 6.10 Å². The lowest BCUT2D eigenvalue weighted by Crippen LogP contribution is -2.78. The van der Waals surface area contributed by atoms with Crippen LogP contribution in [-0.2, 0) is 16.6 Å². The fourth-order valence-corrected chi connectivity index (χ4v) is 6.89. The summed E-state index contributed by atoms with van der Waals surface area (Å²) >= 11 is 0. The Kier molecular flexibility index (Phi) is 3.31. The first-order valence-electron chi connectivity index (χ1n) is 10.7. The summed E-state index contributed by atoms with van der Waals surface area (Å²) < 4.78 is 6.37. The third kappa shape index (κ3) is 1.98. The number of phenolic OH excluding ortho intramolecular Hbond substituents is 1. The third-order valence-electron chi connectivity index (χ3n) is 8.15. The Morgan fingerprint density at radius 2 is 2.14 bits per heavy atom. The van der Waals surface area contributed by atoms with Gasteiger partial charge in [0, 0.05) is 25.1 Å².